The van der Waals surface area contributed by atoms with Crippen LogP contribution in [0.3, 0.4) is 0 Å². The first-order chi connectivity index (χ1) is 19.6. The van der Waals surface area contributed by atoms with Crippen LogP contribution in [0.5, 0.6) is 17.4 Å². The van der Waals surface area contributed by atoms with Gasteiger partial charge in [-0.25, -0.2) is 4.98 Å². The molecule has 3 heterocycles. The van der Waals surface area contributed by atoms with Crippen LogP contribution >= 0.6 is 22.7 Å². The van der Waals surface area contributed by atoms with E-state index in [4.69, 9.17) is 24.4 Å². The Morgan fingerprint density at radius 3 is 2.24 bits per heavy atom. The molecule has 0 aliphatic rings. The molecule has 0 spiro atoms. The molecule has 10 nitrogen and oxygen atoms in total. The van der Waals surface area contributed by atoms with Crippen molar-refractivity contribution in [1.29, 1.82) is 0 Å². The van der Waals surface area contributed by atoms with Crippen molar-refractivity contribution < 1.29 is 43.6 Å². The number of fused-ring (bicyclic) bond motifs is 2. The first kappa shape index (κ1) is 29.9. The molecule has 0 radical (unpaired) electrons. The number of carbonyl (C=O) groups excluding carboxylic acids is 2. The van der Waals surface area contributed by atoms with Crippen molar-refractivity contribution in [2.75, 3.05) is 20.8 Å². The summed E-state index contributed by atoms with van der Waals surface area (Å²) in [6.07, 6.45) is 0.914. The van der Waals surface area contributed by atoms with E-state index in [1.807, 2.05) is 12.1 Å². The second kappa shape index (κ2) is 13.1. The van der Waals surface area contributed by atoms with Gasteiger partial charge in [-0.1, -0.05) is 6.92 Å². The molecule has 12 heteroatoms. The molecule has 216 valence electrons. The highest BCUT2D eigenvalue weighted by Crippen LogP contribution is 2.36. The average Bonchev–Trinajstić information content (AvgIpc) is 3.56. The number of benzene rings is 1. The number of Topliss-reactive ketones (excluding diaryl/α,β-unsaturated/α-hetero) is 2. The third kappa shape index (κ3) is 7.19. The molecule has 0 aliphatic carbocycles. The summed E-state index contributed by atoms with van der Waals surface area (Å²) in [6, 6.07) is 9.04. The van der Waals surface area contributed by atoms with Gasteiger partial charge in [0.15, 0.2) is 17.3 Å². The fourth-order valence-corrected chi connectivity index (χ4v) is 6.22. The summed E-state index contributed by atoms with van der Waals surface area (Å²) in [5, 5.41) is 18.8. The second-order valence-corrected chi connectivity index (χ2v) is 11.6. The van der Waals surface area contributed by atoms with Gasteiger partial charge >= 0.3 is 11.9 Å². The number of carboxylic acids is 2. The predicted molar refractivity (Wildman–Crippen MR) is 155 cm³/mol. The van der Waals surface area contributed by atoms with Crippen LogP contribution in [0.2, 0.25) is 0 Å². The Morgan fingerprint density at radius 1 is 0.878 bits per heavy atom. The fraction of sp³-hybridized carbons (Fsp3) is 0.345. The lowest BCUT2D eigenvalue weighted by molar-refractivity contribution is -0.141. The minimum absolute atomic E-state index is 0.0420. The van der Waals surface area contributed by atoms with E-state index in [9.17, 15) is 19.2 Å². The van der Waals surface area contributed by atoms with Crippen LogP contribution in [0.1, 0.15) is 57.5 Å². The third-order valence-electron chi connectivity index (χ3n) is 6.43. The number of rotatable bonds is 15. The summed E-state index contributed by atoms with van der Waals surface area (Å²) in [6.45, 7) is 1.82. The van der Waals surface area contributed by atoms with Crippen molar-refractivity contribution >= 4 is 66.5 Å². The number of aliphatic carboxylic acids is 2. The molecule has 1 unspecified atom stereocenters. The number of ketones is 2. The molecule has 0 saturated heterocycles. The third-order valence-corrected chi connectivity index (χ3v) is 8.68. The number of aromatic nitrogens is 1. The first-order valence-electron chi connectivity index (χ1n) is 12.8. The number of aryl methyl sites for hydroxylation is 1. The molecule has 4 rings (SSSR count). The maximum atomic E-state index is 12.5. The molecule has 1 aromatic carbocycles. The maximum Gasteiger partial charge on any atom is 0.306 e. The topological polar surface area (TPSA) is 149 Å². The number of thiophene rings is 2. The van der Waals surface area contributed by atoms with E-state index in [-0.39, 0.29) is 30.8 Å². The quantitative estimate of drug-likeness (QED) is 0.125. The number of hydrogen-bond acceptors (Lipinski definition) is 10. The van der Waals surface area contributed by atoms with Crippen molar-refractivity contribution in [3.05, 3.63) is 45.6 Å². The highest BCUT2D eigenvalue weighted by atomic mass is 32.1. The van der Waals surface area contributed by atoms with Crippen LogP contribution in [0, 0.1) is 5.92 Å². The van der Waals surface area contributed by atoms with Crippen LogP contribution in [0.25, 0.3) is 20.3 Å². The molecule has 3 aromatic heterocycles. The van der Waals surface area contributed by atoms with E-state index in [2.05, 4.69) is 4.98 Å². The fourth-order valence-electron chi connectivity index (χ4n) is 4.20. The number of methoxy groups -OCH3 is 2. The van der Waals surface area contributed by atoms with Gasteiger partial charge in [-0.2, -0.15) is 0 Å². The smallest absolute Gasteiger partial charge is 0.306 e. The lowest BCUT2D eigenvalue weighted by Gasteiger charge is -2.11. The molecule has 0 bridgehead atoms. The first-order valence-corrected chi connectivity index (χ1v) is 14.5. The van der Waals surface area contributed by atoms with Crippen LogP contribution in [0.4, 0.5) is 0 Å². The van der Waals surface area contributed by atoms with E-state index >= 15 is 0 Å². The van der Waals surface area contributed by atoms with Gasteiger partial charge in [-0.05, 0) is 48.1 Å². The number of hydrogen-bond donors (Lipinski definition) is 2. The highest BCUT2D eigenvalue weighted by Gasteiger charge is 2.20. The van der Waals surface area contributed by atoms with Gasteiger partial charge < -0.3 is 24.4 Å². The highest BCUT2D eigenvalue weighted by molar-refractivity contribution is 7.21. The Hall–Kier alpha value is -4.03. The molecule has 0 amide bonds. The average molecular weight is 600 g/mol. The van der Waals surface area contributed by atoms with Crippen molar-refractivity contribution in [2.24, 2.45) is 5.92 Å². The largest absolute Gasteiger partial charge is 0.496 e. The lowest BCUT2D eigenvalue weighted by Crippen LogP contribution is -2.13. The number of nitrogens with zero attached hydrogens (tertiary/aromatic N) is 1. The van der Waals surface area contributed by atoms with Crippen molar-refractivity contribution in [3.8, 4) is 17.4 Å². The molecule has 0 fully saturated rings. The van der Waals surface area contributed by atoms with E-state index in [0.29, 0.717) is 52.1 Å². The van der Waals surface area contributed by atoms with Crippen molar-refractivity contribution in [3.63, 3.8) is 0 Å². The van der Waals surface area contributed by atoms with Gasteiger partial charge in [-0.15, -0.1) is 22.7 Å². The minimum Gasteiger partial charge on any atom is -0.496 e. The normalized spacial score (nSPS) is 11.9. The summed E-state index contributed by atoms with van der Waals surface area (Å²) in [5.74, 6) is -1.84. The zero-order valence-electron chi connectivity index (χ0n) is 22.7. The molecule has 2 N–H and O–H groups in total. The zero-order valence-corrected chi connectivity index (χ0v) is 24.4. The number of carbonyl (C=O) groups is 4. The summed E-state index contributed by atoms with van der Waals surface area (Å²) >= 11 is 2.55. The van der Waals surface area contributed by atoms with Gasteiger partial charge in [0.2, 0.25) is 0 Å². The number of ether oxygens (including phenoxy) is 3. The van der Waals surface area contributed by atoms with Crippen LogP contribution < -0.4 is 14.2 Å². The number of carboxylic acid groups (broad SMARTS) is 2. The van der Waals surface area contributed by atoms with Gasteiger partial charge in [0.05, 0.1) is 53.1 Å². The minimum atomic E-state index is -1.02. The Kier molecular flexibility index (Phi) is 9.56. The number of pyridine rings is 1. The Labute approximate surface area is 243 Å². The molecular weight excluding hydrogens is 570 g/mol. The Morgan fingerprint density at radius 2 is 1.56 bits per heavy atom. The molecule has 0 aliphatic heterocycles. The summed E-state index contributed by atoms with van der Waals surface area (Å²) in [4.78, 5) is 52.3. The molecule has 0 saturated carbocycles. The van der Waals surface area contributed by atoms with Crippen LogP contribution in [0.15, 0.2) is 30.3 Å². The molecule has 1 atom stereocenters. The van der Waals surface area contributed by atoms with Gasteiger partial charge in [0, 0.05) is 23.6 Å². The van der Waals surface area contributed by atoms with Gasteiger partial charge in [0.1, 0.15) is 5.75 Å². The van der Waals surface area contributed by atoms with E-state index in [1.165, 1.54) is 36.7 Å². The molecular formula is C29H29NO9S2. The molecule has 41 heavy (non-hydrogen) atoms. The Bertz CT molecular complexity index is 1620. The van der Waals surface area contributed by atoms with Crippen molar-refractivity contribution in [2.45, 2.75) is 39.0 Å². The summed E-state index contributed by atoms with van der Waals surface area (Å²) in [7, 11) is 3.09. The monoisotopic (exact) mass is 599 g/mol. The van der Waals surface area contributed by atoms with E-state index < -0.39 is 17.9 Å². The second-order valence-electron chi connectivity index (χ2n) is 9.44. The zero-order chi connectivity index (χ0) is 29.7. The standard InChI is InChI=1S/C29H29NO9S2/c1-15(29(35)36)9-20(32)26-12-18-24(41-26)14-22(38-3)28(30-18)39-8-4-5-16-10-17-11-25(19(31)6-7-27(33)34)40-23(17)13-21(16)37-2/h10-15H,4-9H2,1-3H3,(H,33,34)(H,35,36). The SMILES string of the molecule is COc1cc2sc(C(=O)CCC(=O)O)cc2cc1CCCOc1nc2cc(C(=O)CC(C)C(=O)O)sc2cc1OC. The predicted octanol–water partition coefficient (Wildman–Crippen LogP) is 5.88. The maximum absolute atomic E-state index is 12.5. The van der Waals surface area contributed by atoms with Crippen LogP contribution in [-0.2, 0) is 16.0 Å². The summed E-state index contributed by atoms with van der Waals surface area (Å²) < 4.78 is 18.6. The lowest BCUT2D eigenvalue weighted by atomic mass is 10.0. The van der Waals surface area contributed by atoms with Gasteiger partial charge in [-0.3, -0.25) is 19.2 Å². The van der Waals surface area contributed by atoms with Crippen molar-refractivity contribution in [1.82, 2.24) is 4.98 Å². The van der Waals surface area contributed by atoms with Crippen LogP contribution in [-0.4, -0.2) is 59.5 Å². The van der Waals surface area contributed by atoms with Gasteiger partial charge in [0.25, 0.3) is 5.88 Å². The molecule has 4 aromatic rings. The van der Waals surface area contributed by atoms with E-state index in [1.54, 1.807) is 25.3 Å². The summed E-state index contributed by atoms with van der Waals surface area (Å²) in [5.41, 5.74) is 1.51. The Balaban J connectivity index is 1.43. The van der Waals surface area contributed by atoms with E-state index in [0.717, 1.165) is 20.3 Å².